The zero-order chi connectivity index (χ0) is 9.78. The normalized spacial score (nSPS) is 11.0. The van der Waals surface area contributed by atoms with Crippen molar-refractivity contribution in [2.45, 2.75) is 11.3 Å². The van der Waals surface area contributed by atoms with Crippen molar-refractivity contribution in [3.8, 4) is 0 Å². The molecule has 0 rings (SSSR count). The van der Waals surface area contributed by atoms with E-state index in [4.69, 9.17) is 34.8 Å². The second-order valence-electron chi connectivity index (χ2n) is 2.04. The van der Waals surface area contributed by atoms with Gasteiger partial charge in [-0.15, -0.1) is 11.6 Å². The fraction of sp³-hybridized carbons (Fsp3) is 0.571. The van der Waals surface area contributed by atoms with E-state index in [9.17, 15) is 4.79 Å². The molecule has 0 saturated heterocycles. The molecule has 0 heterocycles. The number of hydrogen-bond donors (Lipinski definition) is 0. The third kappa shape index (κ3) is 3.21. The highest BCUT2D eigenvalue weighted by Crippen LogP contribution is 2.30. The zero-order valence-electron chi connectivity index (χ0n) is 6.57. The Kier molecular flexibility index (Phi) is 4.98. The predicted molar refractivity (Wildman–Crippen MR) is 50.9 cm³/mol. The van der Waals surface area contributed by atoms with Crippen LogP contribution < -0.4 is 0 Å². The van der Waals surface area contributed by atoms with Crippen molar-refractivity contribution < 1.29 is 9.53 Å². The highest BCUT2D eigenvalue weighted by atomic mass is 35.5. The lowest BCUT2D eigenvalue weighted by molar-refractivity contribution is -0.138. The lowest BCUT2D eigenvalue weighted by atomic mass is 10.2. The van der Waals surface area contributed by atoms with Gasteiger partial charge in [-0.05, 0) is 6.92 Å². The Morgan fingerprint density at radius 1 is 1.58 bits per heavy atom. The first-order chi connectivity index (χ1) is 5.45. The Morgan fingerprint density at radius 2 is 2.08 bits per heavy atom. The van der Waals surface area contributed by atoms with Crippen molar-refractivity contribution in [1.29, 1.82) is 0 Å². The average Bonchev–Trinajstić information content (AvgIpc) is 2.03. The molecule has 0 aromatic rings. The van der Waals surface area contributed by atoms with Crippen LogP contribution in [-0.2, 0) is 9.53 Å². The van der Waals surface area contributed by atoms with Crippen molar-refractivity contribution in [3.05, 3.63) is 12.2 Å². The maximum absolute atomic E-state index is 11.0. The average molecular weight is 232 g/mol. The number of esters is 1. The Morgan fingerprint density at radius 3 is 2.42 bits per heavy atom. The SMILES string of the molecule is C=C(C(=O)OCC)C(Cl)(Cl)CCl. The van der Waals surface area contributed by atoms with E-state index in [1.54, 1.807) is 6.92 Å². The summed E-state index contributed by atoms with van der Waals surface area (Å²) < 4.78 is 3.19. The Bertz CT molecular complexity index is 189. The first-order valence-corrected chi connectivity index (χ1v) is 4.55. The van der Waals surface area contributed by atoms with Crippen LogP contribution in [0.1, 0.15) is 6.92 Å². The molecule has 0 atom stereocenters. The third-order valence-corrected chi connectivity index (χ3v) is 2.53. The molecule has 0 aliphatic heterocycles. The molecule has 2 nitrogen and oxygen atoms in total. The molecule has 0 N–H and O–H groups in total. The number of alkyl halides is 3. The van der Waals surface area contributed by atoms with Gasteiger partial charge in [-0.3, -0.25) is 0 Å². The van der Waals surface area contributed by atoms with Crippen LogP contribution in [0.2, 0.25) is 0 Å². The van der Waals surface area contributed by atoms with Crippen LogP contribution in [0.15, 0.2) is 12.2 Å². The van der Waals surface area contributed by atoms with Gasteiger partial charge in [-0.1, -0.05) is 29.8 Å². The second-order valence-corrected chi connectivity index (χ2v) is 3.79. The smallest absolute Gasteiger partial charge is 0.336 e. The summed E-state index contributed by atoms with van der Waals surface area (Å²) in [5, 5.41) is 0. The summed E-state index contributed by atoms with van der Waals surface area (Å²) in [5.74, 6) is -0.725. The van der Waals surface area contributed by atoms with Crippen LogP contribution in [0.5, 0.6) is 0 Å². The topological polar surface area (TPSA) is 26.3 Å². The predicted octanol–water partition coefficient (Wildman–Crippen LogP) is 2.52. The van der Waals surface area contributed by atoms with Gasteiger partial charge in [0.15, 0.2) is 4.33 Å². The van der Waals surface area contributed by atoms with Crippen molar-refractivity contribution >= 4 is 40.8 Å². The number of ether oxygens (including phenoxy) is 1. The van der Waals surface area contributed by atoms with Crippen molar-refractivity contribution in [2.75, 3.05) is 12.5 Å². The van der Waals surface area contributed by atoms with Gasteiger partial charge in [-0.25, -0.2) is 4.79 Å². The van der Waals surface area contributed by atoms with Gasteiger partial charge >= 0.3 is 5.97 Å². The van der Waals surface area contributed by atoms with Crippen molar-refractivity contribution in [3.63, 3.8) is 0 Å². The quantitative estimate of drug-likeness (QED) is 0.422. The molecule has 5 heteroatoms. The van der Waals surface area contributed by atoms with Crippen LogP contribution in [0, 0.1) is 0 Å². The molecule has 0 aliphatic rings. The monoisotopic (exact) mass is 230 g/mol. The van der Waals surface area contributed by atoms with Gasteiger partial charge < -0.3 is 4.74 Å². The lowest BCUT2D eigenvalue weighted by Crippen LogP contribution is -2.25. The van der Waals surface area contributed by atoms with Crippen LogP contribution in [-0.4, -0.2) is 22.8 Å². The number of carbonyl (C=O) groups excluding carboxylic acids is 1. The van der Waals surface area contributed by atoms with Gasteiger partial charge in [0.1, 0.15) is 0 Å². The Hall–Kier alpha value is 0.0800. The summed E-state index contributed by atoms with van der Waals surface area (Å²) in [7, 11) is 0. The molecule has 0 aromatic carbocycles. The van der Waals surface area contributed by atoms with E-state index >= 15 is 0 Å². The first kappa shape index (κ1) is 12.1. The minimum Gasteiger partial charge on any atom is -0.463 e. The summed E-state index contributed by atoms with van der Waals surface area (Å²) in [6, 6.07) is 0. The molecule has 70 valence electrons. The zero-order valence-corrected chi connectivity index (χ0v) is 8.84. The maximum Gasteiger partial charge on any atom is 0.336 e. The molecule has 12 heavy (non-hydrogen) atoms. The van der Waals surface area contributed by atoms with Gasteiger partial charge in [0.05, 0.1) is 18.1 Å². The number of rotatable bonds is 4. The van der Waals surface area contributed by atoms with Gasteiger partial charge in [-0.2, -0.15) is 0 Å². The molecule has 0 saturated carbocycles. The molecule has 0 unspecified atom stereocenters. The minimum absolute atomic E-state index is 0.0392. The number of halogens is 3. The molecule has 0 amide bonds. The van der Waals surface area contributed by atoms with Crippen LogP contribution >= 0.6 is 34.8 Å². The highest BCUT2D eigenvalue weighted by molar-refractivity contribution is 6.55. The van der Waals surface area contributed by atoms with Crippen molar-refractivity contribution in [2.24, 2.45) is 0 Å². The number of carbonyl (C=O) groups is 1. The van der Waals surface area contributed by atoms with Crippen LogP contribution in [0.25, 0.3) is 0 Å². The van der Waals surface area contributed by atoms with Gasteiger partial charge in [0.2, 0.25) is 0 Å². The molecule has 0 fully saturated rings. The van der Waals surface area contributed by atoms with E-state index in [-0.39, 0.29) is 18.1 Å². The minimum atomic E-state index is -1.44. The first-order valence-electron chi connectivity index (χ1n) is 3.26. The van der Waals surface area contributed by atoms with E-state index < -0.39 is 10.3 Å². The summed E-state index contributed by atoms with van der Waals surface area (Å²) in [6.07, 6.45) is 0. The third-order valence-electron chi connectivity index (χ3n) is 1.13. The van der Waals surface area contributed by atoms with E-state index in [2.05, 4.69) is 11.3 Å². The van der Waals surface area contributed by atoms with E-state index in [0.717, 1.165) is 0 Å². The summed E-state index contributed by atoms with van der Waals surface area (Å²) >= 11 is 16.7. The molecular weight excluding hydrogens is 222 g/mol. The molecule has 0 aliphatic carbocycles. The lowest BCUT2D eigenvalue weighted by Gasteiger charge is -2.17. The second kappa shape index (κ2) is 4.95. The van der Waals surface area contributed by atoms with E-state index in [1.165, 1.54) is 0 Å². The van der Waals surface area contributed by atoms with Crippen LogP contribution in [0.3, 0.4) is 0 Å². The van der Waals surface area contributed by atoms with Gasteiger partial charge in [0, 0.05) is 0 Å². The summed E-state index contributed by atoms with van der Waals surface area (Å²) in [4.78, 5) is 11.0. The standard InChI is InChI=1S/C7H9Cl3O2/c1-3-12-6(11)5(2)7(9,10)4-8/h2-4H2,1H3. The van der Waals surface area contributed by atoms with E-state index in [1.807, 2.05) is 0 Å². The maximum atomic E-state index is 11.0. The fourth-order valence-electron chi connectivity index (χ4n) is 0.448. The summed E-state index contributed by atoms with van der Waals surface area (Å²) in [5.41, 5.74) is -0.0392. The number of hydrogen-bond acceptors (Lipinski definition) is 2. The Balaban J connectivity index is 4.29. The van der Waals surface area contributed by atoms with Crippen LogP contribution in [0.4, 0.5) is 0 Å². The molecule has 0 radical (unpaired) electrons. The summed E-state index contributed by atoms with van der Waals surface area (Å²) in [6.45, 7) is 5.32. The fourth-order valence-corrected chi connectivity index (χ4v) is 0.764. The molecular formula is C7H9Cl3O2. The highest BCUT2D eigenvalue weighted by Gasteiger charge is 2.32. The molecule has 0 bridgehead atoms. The van der Waals surface area contributed by atoms with Crippen molar-refractivity contribution in [1.82, 2.24) is 0 Å². The van der Waals surface area contributed by atoms with E-state index in [0.29, 0.717) is 0 Å². The largest absolute Gasteiger partial charge is 0.463 e. The Labute approximate surface area is 86.4 Å². The molecule has 0 aromatic heterocycles. The molecule has 0 spiro atoms. The van der Waals surface area contributed by atoms with Gasteiger partial charge in [0.25, 0.3) is 0 Å².